The molecule has 0 aliphatic heterocycles. The van der Waals surface area contributed by atoms with Crippen LogP contribution in [0.4, 0.5) is 17.1 Å². The van der Waals surface area contributed by atoms with Crippen LogP contribution in [0.5, 0.6) is 0 Å². The lowest BCUT2D eigenvalue weighted by atomic mass is 9.95. The first-order valence-electron chi connectivity index (χ1n) is 21.5. The number of furan rings is 1. The van der Waals surface area contributed by atoms with E-state index < -0.39 is 0 Å². The van der Waals surface area contributed by atoms with Crippen LogP contribution in [0, 0.1) is 0 Å². The van der Waals surface area contributed by atoms with Gasteiger partial charge in [0.05, 0.1) is 10.4 Å². The topological polar surface area (TPSA) is 16.4 Å². The highest BCUT2D eigenvalue weighted by Gasteiger charge is 2.21. The molecule has 63 heavy (non-hydrogen) atoms. The number of fused-ring (bicyclic) bond motifs is 10. The van der Waals surface area contributed by atoms with Gasteiger partial charge in [0.1, 0.15) is 11.2 Å². The minimum absolute atomic E-state index is 0.913. The number of hydrogen-bond acceptors (Lipinski definition) is 3. The van der Waals surface area contributed by atoms with Crippen LogP contribution in [0.3, 0.4) is 0 Å². The summed E-state index contributed by atoms with van der Waals surface area (Å²) >= 11 is 1.89. The van der Waals surface area contributed by atoms with Crippen molar-refractivity contribution in [1.82, 2.24) is 0 Å². The van der Waals surface area contributed by atoms with E-state index in [0.717, 1.165) is 39.0 Å². The fourth-order valence-corrected chi connectivity index (χ4v) is 11.2. The number of benzene rings is 11. The molecule has 11 aromatic carbocycles. The summed E-state index contributed by atoms with van der Waals surface area (Å²) in [5.74, 6) is 0. The normalized spacial score (nSPS) is 11.8. The van der Waals surface area contributed by atoms with Crippen LogP contribution in [0.15, 0.2) is 229 Å². The summed E-state index contributed by atoms with van der Waals surface area (Å²) in [5.41, 5.74) is 12.5. The number of hydrogen-bond donors (Lipinski definition) is 0. The second-order valence-electron chi connectivity index (χ2n) is 16.4. The Bertz CT molecular complexity index is 3910. The molecule has 2 nitrogen and oxygen atoms in total. The number of thiophene rings is 1. The van der Waals surface area contributed by atoms with Crippen molar-refractivity contribution in [1.29, 1.82) is 0 Å². The van der Waals surface area contributed by atoms with Crippen LogP contribution >= 0.6 is 11.3 Å². The summed E-state index contributed by atoms with van der Waals surface area (Å²) in [6, 6.07) is 81.8. The highest BCUT2D eigenvalue weighted by atomic mass is 32.1. The molecule has 0 atom stereocenters. The molecule has 13 aromatic rings. The summed E-state index contributed by atoms with van der Waals surface area (Å²) in [7, 11) is 0. The average Bonchev–Trinajstić information content (AvgIpc) is 3.94. The molecule has 0 radical (unpaired) electrons. The van der Waals surface area contributed by atoms with Gasteiger partial charge in [0, 0.05) is 37.6 Å². The van der Waals surface area contributed by atoms with E-state index in [1.807, 2.05) is 23.5 Å². The maximum atomic E-state index is 6.25. The number of para-hydroxylation sites is 1. The minimum Gasteiger partial charge on any atom is -0.456 e. The number of nitrogens with zero attached hydrogens (tertiary/aromatic N) is 1. The van der Waals surface area contributed by atoms with E-state index in [9.17, 15) is 0 Å². The van der Waals surface area contributed by atoms with Gasteiger partial charge in [-0.25, -0.2) is 0 Å². The monoisotopic (exact) mass is 819 g/mol. The first kappa shape index (κ1) is 35.7. The summed E-state index contributed by atoms with van der Waals surface area (Å²) in [4.78, 5) is 2.45. The van der Waals surface area contributed by atoms with E-state index in [2.05, 4.69) is 217 Å². The zero-order valence-corrected chi connectivity index (χ0v) is 34.9. The molecule has 0 aliphatic rings. The van der Waals surface area contributed by atoms with Crippen molar-refractivity contribution < 1.29 is 4.42 Å². The molecule has 2 aromatic heterocycles. The van der Waals surface area contributed by atoms with Gasteiger partial charge < -0.3 is 9.32 Å². The molecule has 294 valence electrons. The summed E-state index contributed by atoms with van der Waals surface area (Å²) in [5, 5.41) is 12.2. The molecule has 0 spiro atoms. The third-order valence-electron chi connectivity index (χ3n) is 12.8. The Morgan fingerprint density at radius 1 is 0.317 bits per heavy atom. The maximum Gasteiger partial charge on any atom is 0.136 e. The van der Waals surface area contributed by atoms with Gasteiger partial charge in [-0.3, -0.25) is 0 Å². The van der Waals surface area contributed by atoms with Gasteiger partial charge >= 0.3 is 0 Å². The van der Waals surface area contributed by atoms with Crippen LogP contribution in [0.25, 0.3) is 108 Å². The molecule has 3 heteroatoms. The Labute approximate surface area is 368 Å². The van der Waals surface area contributed by atoms with E-state index >= 15 is 0 Å². The number of anilines is 3. The van der Waals surface area contributed by atoms with Crippen molar-refractivity contribution in [3.63, 3.8) is 0 Å². The zero-order valence-electron chi connectivity index (χ0n) is 34.1. The molecule has 0 unspecified atom stereocenters. The van der Waals surface area contributed by atoms with Gasteiger partial charge in [-0.1, -0.05) is 176 Å². The van der Waals surface area contributed by atoms with E-state index in [1.165, 1.54) is 85.9 Å². The minimum atomic E-state index is 0.913. The first-order chi connectivity index (χ1) is 31.2. The molecule has 0 saturated carbocycles. The quantitative estimate of drug-likeness (QED) is 0.155. The smallest absolute Gasteiger partial charge is 0.136 e. The largest absolute Gasteiger partial charge is 0.456 e. The first-order valence-corrected chi connectivity index (χ1v) is 22.3. The molecule has 0 fully saturated rings. The molecular formula is C60H37NOS. The second kappa shape index (κ2) is 14.3. The molecule has 0 amide bonds. The van der Waals surface area contributed by atoms with Gasteiger partial charge in [0.2, 0.25) is 0 Å². The fourth-order valence-electron chi connectivity index (χ4n) is 9.90. The second-order valence-corrected chi connectivity index (χ2v) is 17.4. The van der Waals surface area contributed by atoms with Gasteiger partial charge in [-0.15, -0.1) is 11.3 Å². The van der Waals surface area contributed by atoms with E-state index in [0.29, 0.717) is 0 Å². The highest BCUT2D eigenvalue weighted by molar-refractivity contribution is 7.27. The predicted molar refractivity (Wildman–Crippen MR) is 270 cm³/mol. The average molecular weight is 820 g/mol. The fraction of sp³-hybridized carbons (Fsp3) is 0. The SMILES string of the molecule is c1ccc(-c2cccc3c2sc2c(N(c4ccc(-c5cccc6ccccc56)cc4)c4ccc5c(ccc6cc(-c7cccc8oc9ccccc9c78)ccc65)c4)cccc23)cc1. The third kappa shape index (κ3) is 5.78. The van der Waals surface area contributed by atoms with Crippen LogP contribution in [0.2, 0.25) is 0 Å². The van der Waals surface area contributed by atoms with Crippen LogP contribution in [0.1, 0.15) is 0 Å². The Kier molecular flexibility index (Phi) is 8.12. The molecule has 2 heterocycles. The van der Waals surface area contributed by atoms with Crippen molar-refractivity contribution in [2.45, 2.75) is 0 Å². The van der Waals surface area contributed by atoms with Crippen molar-refractivity contribution in [2.24, 2.45) is 0 Å². The van der Waals surface area contributed by atoms with Gasteiger partial charge in [0.25, 0.3) is 0 Å². The van der Waals surface area contributed by atoms with Crippen molar-refractivity contribution in [3.05, 3.63) is 224 Å². The third-order valence-corrected chi connectivity index (χ3v) is 14.1. The van der Waals surface area contributed by atoms with E-state index in [4.69, 9.17) is 4.42 Å². The van der Waals surface area contributed by atoms with Crippen LogP contribution in [-0.2, 0) is 0 Å². The van der Waals surface area contributed by atoms with Crippen LogP contribution < -0.4 is 4.90 Å². The Morgan fingerprint density at radius 2 is 0.905 bits per heavy atom. The van der Waals surface area contributed by atoms with E-state index in [1.54, 1.807) is 0 Å². The van der Waals surface area contributed by atoms with Crippen molar-refractivity contribution in [2.75, 3.05) is 4.90 Å². The highest BCUT2D eigenvalue weighted by Crippen LogP contribution is 2.48. The summed E-state index contributed by atoms with van der Waals surface area (Å²) in [6.45, 7) is 0. The summed E-state index contributed by atoms with van der Waals surface area (Å²) < 4.78 is 8.82. The Hall–Kier alpha value is -7.98. The lowest BCUT2D eigenvalue weighted by Gasteiger charge is -2.27. The lowest BCUT2D eigenvalue weighted by molar-refractivity contribution is 0.669. The number of rotatable bonds is 6. The molecule has 0 N–H and O–H groups in total. The van der Waals surface area contributed by atoms with Gasteiger partial charge in [0.15, 0.2) is 0 Å². The molecule has 0 aliphatic carbocycles. The lowest BCUT2D eigenvalue weighted by Crippen LogP contribution is -2.10. The molecule has 0 saturated heterocycles. The zero-order chi connectivity index (χ0) is 41.4. The van der Waals surface area contributed by atoms with Crippen molar-refractivity contribution in [3.8, 4) is 33.4 Å². The molecule has 0 bridgehead atoms. The predicted octanol–water partition coefficient (Wildman–Crippen LogP) is 17.9. The molecular weight excluding hydrogens is 783 g/mol. The maximum absolute atomic E-state index is 6.25. The Balaban J connectivity index is 0.970. The van der Waals surface area contributed by atoms with Crippen LogP contribution in [-0.4, -0.2) is 0 Å². The standard InChI is InChI=1S/C60H37NOS/c1-2-12-39(13-3-1)51-20-9-21-52-53-22-10-23-55(60(53)63-59(51)52)61(44-31-28-40(29-32-44)47-18-8-15-38-14-4-5-16-46(38)47)45-33-35-49-43(37-45)27-26-41-36-42(30-34-48(41)49)50-19-11-25-57-58(50)54-17-6-7-24-56(54)62-57/h1-37H. The van der Waals surface area contributed by atoms with E-state index in [-0.39, 0.29) is 0 Å². The molecule has 13 rings (SSSR count). The van der Waals surface area contributed by atoms with Gasteiger partial charge in [-0.05, 0) is 114 Å². The summed E-state index contributed by atoms with van der Waals surface area (Å²) in [6.07, 6.45) is 0. The van der Waals surface area contributed by atoms with Crippen molar-refractivity contribution >= 4 is 103 Å². The van der Waals surface area contributed by atoms with Gasteiger partial charge in [-0.2, -0.15) is 0 Å². The Morgan fingerprint density at radius 3 is 1.78 bits per heavy atom.